The summed E-state index contributed by atoms with van der Waals surface area (Å²) >= 11 is 0. The Labute approximate surface area is 217 Å². The van der Waals surface area contributed by atoms with Crippen molar-refractivity contribution < 1.29 is 13.5 Å². The largest absolute Gasteiger partial charge is 0.472 e. The molecule has 0 bridgehead atoms. The molecule has 1 fully saturated rings. The monoisotopic (exact) mass is 512 g/mol. The van der Waals surface area contributed by atoms with Crippen LogP contribution in [0.5, 0.6) is 0 Å². The van der Waals surface area contributed by atoms with Gasteiger partial charge in [0, 0.05) is 35.5 Å². The molecule has 0 spiro atoms. The fourth-order valence-corrected chi connectivity index (χ4v) is 5.83. The Kier molecular flexibility index (Phi) is 5.65. The van der Waals surface area contributed by atoms with Crippen molar-refractivity contribution in [1.82, 2.24) is 30.3 Å². The Balaban J connectivity index is 1.14. The average molecular weight is 513 g/mol. The standard InChI is InChI=1S/C29H26F2N6O/c30-24-4-1-5-25(31)23(24)15-37-11-2-3-18(14-37)29-32-28(35-36-29)17-7-9-26-22(13-17)27(34-33-26)21-8-6-19-16-38-12-10-20(19)21/h1,4-5,7,9-10,12-13,16,18H,2-3,6,8,11,14-15H2,(H,33,34)(H,32,35,36)/t18-/m1/s1. The van der Waals surface area contributed by atoms with E-state index in [9.17, 15) is 8.78 Å². The summed E-state index contributed by atoms with van der Waals surface area (Å²) in [5, 5.41) is 16.5. The number of fused-ring (bicyclic) bond motifs is 2. The van der Waals surface area contributed by atoms with Gasteiger partial charge in [0.1, 0.15) is 17.5 Å². The number of nitrogens with one attached hydrogen (secondary N) is 2. The molecule has 9 heteroatoms. The van der Waals surface area contributed by atoms with Crippen molar-refractivity contribution in [2.75, 3.05) is 13.1 Å². The molecule has 0 saturated carbocycles. The lowest BCUT2D eigenvalue weighted by atomic mass is 9.96. The van der Waals surface area contributed by atoms with Crippen LogP contribution in [-0.2, 0) is 11.3 Å². The van der Waals surface area contributed by atoms with Crippen LogP contribution in [0.1, 0.15) is 48.7 Å². The Morgan fingerprint density at radius 3 is 2.84 bits per heavy atom. The predicted molar refractivity (Wildman–Crippen MR) is 140 cm³/mol. The molecule has 4 heterocycles. The third-order valence-corrected chi connectivity index (χ3v) is 7.78. The van der Waals surface area contributed by atoms with E-state index in [0.717, 1.165) is 60.2 Å². The number of H-pyrrole nitrogens is 2. The molecule has 0 amide bonds. The zero-order valence-electron chi connectivity index (χ0n) is 20.7. The first-order chi connectivity index (χ1) is 18.6. The van der Waals surface area contributed by atoms with Gasteiger partial charge in [-0.1, -0.05) is 6.07 Å². The molecule has 2 aromatic carbocycles. The molecular formula is C29H26F2N6O. The fraction of sp³-hybridized carbons (Fsp3) is 0.276. The number of aromatic nitrogens is 5. The number of halogens is 2. The van der Waals surface area contributed by atoms with Gasteiger partial charge in [-0.15, -0.1) is 0 Å². The molecule has 1 saturated heterocycles. The highest BCUT2D eigenvalue weighted by molar-refractivity contribution is 5.95. The molecule has 4 aromatic rings. The number of aromatic amines is 2. The number of rotatable bonds is 5. The maximum absolute atomic E-state index is 14.2. The summed E-state index contributed by atoms with van der Waals surface area (Å²) in [5.41, 5.74) is 6.54. The summed E-state index contributed by atoms with van der Waals surface area (Å²) in [6.07, 6.45) is 9.26. The molecule has 2 N–H and O–H groups in total. The first-order valence-corrected chi connectivity index (χ1v) is 12.9. The molecule has 38 heavy (non-hydrogen) atoms. The van der Waals surface area contributed by atoms with Crippen molar-refractivity contribution in [3.63, 3.8) is 0 Å². The Hall–Kier alpha value is -4.11. The number of hydrogen-bond acceptors (Lipinski definition) is 5. The number of likely N-dealkylation sites (tertiary alicyclic amines) is 1. The van der Waals surface area contributed by atoms with E-state index in [1.165, 1.54) is 34.9 Å². The van der Waals surface area contributed by atoms with Gasteiger partial charge in [0.2, 0.25) is 0 Å². The number of ether oxygens (including phenoxy) is 1. The van der Waals surface area contributed by atoms with E-state index in [1.807, 2.05) is 24.5 Å². The lowest BCUT2D eigenvalue weighted by Gasteiger charge is -2.31. The smallest absolute Gasteiger partial charge is 0.181 e. The van der Waals surface area contributed by atoms with E-state index in [0.29, 0.717) is 12.4 Å². The second-order valence-electron chi connectivity index (χ2n) is 10.1. The van der Waals surface area contributed by atoms with Gasteiger partial charge in [0.05, 0.1) is 23.7 Å². The summed E-state index contributed by atoms with van der Waals surface area (Å²) in [6.45, 7) is 1.70. The van der Waals surface area contributed by atoms with Crippen molar-refractivity contribution in [2.45, 2.75) is 38.1 Å². The zero-order chi connectivity index (χ0) is 25.6. The van der Waals surface area contributed by atoms with Crippen molar-refractivity contribution >= 4 is 16.5 Å². The van der Waals surface area contributed by atoms with Crippen LogP contribution in [0.3, 0.4) is 0 Å². The number of hydrogen-bond donors (Lipinski definition) is 2. The van der Waals surface area contributed by atoms with Gasteiger partial charge in [0.25, 0.3) is 0 Å². The lowest BCUT2D eigenvalue weighted by molar-refractivity contribution is 0.192. The number of benzene rings is 2. The van der Waals surface area contributed by atoms with Crippen molar-refractivity contribution in [1.29, 1.82) is 0 Å². The first kappa shape index (κ1) is 23.0. The Morgan fingerprint density at radius 1 is 1.05 bits per heavy atom. The Morgan fingerprint density at radius 2 is 1.95 bits per heavy atom. The molecule has 0 unspecified atom stereocenters. The number of nitrogens with zero attached hydrogens (tertiary/aromatic N) is 4. The average Bonchev–Trinajstić information content (AvgIpc) is 3.69. The van der Waals surface area contributed by atoms with Gasteiger partial charge < -0.3 is 4.74 Å². The molecule has 2 aliphatic heterocycles. The summed E-state index contributed by atoms with van der Waals surface area (Å²) in [5.74, 6) is 0.537. The van der Waals surface area contributed by atoms with E-state index in [-0.39, 0.29) is 18.0 Å². The second kappa shape index (κ2) is 9.33. The van der Waals surface area contributed by atoms with Crippen LogP contribution < -0.4 is 0 Å². The Bertz CT molecular complexity index is 1610. The normalized spacial score (nSPS) is 19.6. The molecule has 3 aliphatic rings. The SMILES string of the molecule is Fc1cccc(F)c1CN1CCC[C@@H](c2nc(-c3ccc4[nH]nc(C5=C6C=COC=C6CC5)c4c3)n[nH]2)C1. The lowest BCUT2D eigenvalue weighted by Crippen LogP contribution is -2.34. The molecule has 7 nitrogen and oxygen atoms in total. The van der Waals surface area contributed by atoms with E-state index < -0.39 is 11.6 Å². The maximum atomic E-state index is 14.2. The maximum Gasteiger partial charge on any atom is 0.181 e. The summed E-state index contributed by atoms with van der Waals surface area (Å²) in [6, 6.07) is 10.1. The molecule has 0 radical (unpaired) electrons. The number of allylic oxidation sites excluding steroid dienone is 4. The first-order valence-electron chi connectivity index (χ1n) is 12.9. The van der Waals surface area contributed by atoms with Gasteiger partial charge in [-0.05, 0) is 85.4 Å². The molecule has 192 valence electrons. The molecular weight excluding hydrogens is 486 g/mol. The summed E-state index contributed by atoms with van der Waals surface area (Å²) in [4.78, 5) is 6.93. The predicted octanol–water partition coefficient (Wildman–Crippen LogP) is 5.98. The van der Waals surface area contributed by atoms with Gasteiger partial charge in [-0.3, -0.25) is 15.1 Å². The van der Waals surface area contributed by atoms with Crippen LogP contribution in [0.4, 0.5) is 8.78 Å². The molecule has 1 aliphatic carbocycles. The van der Waals surface area contributed by atoms with Crippen LogP contribution >= 0.6 is 0 Å². The topological polar surface area (TPSA) is 82.7 Å². The van der Waals surface area contributed by atoms with Gasteiger partial charge in [-0.25, -0.2) is 13.8 Å². The quantitative estimate of drug-likeness (QED) is 0.344. The third-order valence-electron chi connectivity index (χ3n) is 7.78. The molecule has 7 rings (SSSR count). The van der Waals surface area contributed by atoms with Crippen LogP contribution in [-0.4, -0.2) is 43.4 Å². The van der Waals surface area contributed by atoms with E-state index in [1.54, 1.807) is 6.26 Å². The minimum atomic E-state index is -0.502. The van der Waals surface area contributed by atoms with Crippen LogP contribution in [0.2, 0.25) is 0 Å². The van der Waals surface area contributed by atoms with Crippen LogP contribution in [0.25, 0.3) is 27.9 Å². The molecule has 2 aromatic heterocycles. The highest BCUT2D eigenvalue weighted by Gasteiger charge is 2.27. The minimum Gasteiger partial charge on any atom is -0.472 e. The van der Waals surface area contributed by atoms with Gasteiger partial charge in [-0.2, -0.15) is 10.2 Å². The van der Waals surface area contributed by atoms with E-state index >= 15 is 0 Å². The minimum absolute atomic E-state index is 0.115. The van der Waals surface area contributed by atoms with Crippen molar-refractivity contribution in [3.8, 4) is 11.4 Å². The number of piperidine rings is 1. The van der Waals surface area contributed by atoms with E-state index in [2.05, 4.69) is 31.4 Å². The summed E-state index contributed by atoms with van der Waals surface area (Å²) in [7, 11) is 0. The van der Waals surface area contributed by atoms with E-state index in [4.69, 9.17) is 9.72 Å². The molecule has 1 atom stereocenters. The summed E-state index contributed by atoms with van der Waals surface area (Å²) < 4.78 is 33.7. The highest BCUT2D eigenvalue weighted by Crippen LogP contribution is 2.41. The van der Waals surface area contributed by atoms with Crippen LogP contribution in [0.15, 0.2) is 66.1 Å². The van der Waals surface area contributed by atoms with Gasteiger partial charge >= 0.3 is 0 Å². The van der Waals surface area contributed by atoms with Gasteiger partial charge in [0.15, 0.2) is 5.82 Å². The zero-order valence-corrected chi connectivity index (χ0v) is 20.7. The highest BCUT2D eigenvalue weighted by atomic mass is 19.1. The van der Waals surface area contributed by atoms with Crippen molar-refractivity contribution in [2.24, 2.45) is 0 Å². The third kappa shape index (κ3) is 4.03. The van der Waals surface area contributed by atoms with Crippen molar-refractivity contribution in [3.05, 3.63) is 94.9 Å². The fourth-order valence-electron chi connectivity index (χ4n) is 5.83. The van der Waals surface area contributed by atoms with Crippen LogP contribution in [0, 0.1) is 11.6 Å². The second-order valence-corrected chi connectivity index (χ2v) is 10.1.